The maximum atomic E-state index is 12.4. The molecule has 1 N–H and O–H groups in total. The summed E-state index contributed by atoms with van der Waals surface area (Å²) in [6.07, 6.45) is 1.26. The van der Waals surface area contributed by atoms with E-state index in [1.807, 2.05) is 69.3 Å². The molecule has 1 aromatic heterocycles. The molecule has 0 saturated carbocycles. The maximum Gasteiger partial charge on any atom is 0.407 e. The highest BCUT2D eigenvalue weighted by atomic mass is 35.5. The molecule has 43 heavy (non-hydrogen) atoms. The first-order valence-electron chi connectivity index (χ1n) is 14.4. The molecule has 0 fully saturated rings. The highest BCUT2D eigenvalue weighted by Crippen LogP contribution is 2.37. The fraction of sp³-hybridized carbons (Fsp3) is 0.371. The van der Waals surface area contributed by atoms with E-state index in [2.05, 4.69) is 26.1 Å². The third-order valence-electron chi connectivity index (χ3n) is 6.68. The van der Waals surface area contributed by atoms with Crippen molar-refractivity contribution in [3.8, 4) is 16.9 Å². The summed E-state index contributed by atoms with van der Waals surface area (Å²) in [6.45, 7) is 14.4. The lowest BCUT2D eigenvalue weighted by Crippen LogP contribution is -2.32. The zero-order valence-corrected chi connectivity index (χ0v) is 26.7. The molecular formula is C35H40ClNO6. The Bertz CT molecular complexity index is 1610. The molecule has 1 amide bonds. The topological polar surface area (TPSA) is 87.0 Å². The smallest absolute Gasteiger partial charge is 0.407 e. The number of hydrogen-bond acceptors (Lipinski definition) is 6. The van der Waals surface area contributed by atoms with E-state index in [-0.39, 0.29) is 24.4 Å². The Morgan fingerprint density at radius 1 is 0.953 bits per heavy atom. The molecule has 0 bridgehead atoms. The van der Waals surface area contributed by atoms with Gasteiger partial charge in [-0.05, 0) is 91.8 Å². The number of carbonyl (C=O) groups excluding carboxylic acids is 2. The largest absolute Gasteiger partial charge is 0.489 e. The Hall–Kier alpha value is -3.97. The first kappa shape index (κ1) is 32.0. The van der Waals surface area contributed by atoms with Gasteiger partial charge in [-0.25, -0.2) is 4.79 Å². The minimum Gasteiger partial charge on any atom is -0.489 e. The molecule has 1 heterocycles. The van der Waals surface area contributed by atoms with Crippen molar-refractivity contribution < 1.29 is 28.2 Å². The Balaban J connectivity index is 1.62. The van der Waals surface area contributed by atoms with Crippen molar-refractivity contribution >= 4 is 34.6 Å². The van der Waals surface area contributed by atoms with Crippen LogP contribution in [0.25, 0.3) is 22.1 Å². The van der Waals surface area contributed by atoms with Crippen LogP contribution in [-0.4, -0.2) is 24.3 Å². The molecule has 0 unspecified atom stereocenters. The fourth-order valence-electron chi connectivity index (χ4n) is 4.75. The van der Waals surface area contributed by atoms with Crippen molar-refractivity contribution in [1.82, 2.24) is 5.32 Å². The highest BCUT2D eigenvalue weighted by molar-refractivity contribution is 6.31. The SMILES string of the molecule is CCOC(=O)Cc1cc(Cl)c(C(C)(C)C)cc1OCc1cc(-c2cccc(CNC(=O)OC(C)(C)C)c2)c2occc2c1. The summed E-state index contributed by atoms with van der Waals surface area (Å²) in [7, 11) is 0. The van der Waals surface area contributed by atoms with Gasteiger partial charge in [0.15, 0.2) is 0 Å². The first-order chi connectivity index (χ1) is 20.2. The van der Waals surface area contributed by atoms with Gasteiger partial charge in [-0.3, -0.25) is 4.79 Å². The van der Waals surface area contributed by atoms with Gasteiger partial charge in [0.1, 0.15) is 23.5 Å². The van der Waals surface area contributed by atoms with Crippen LogP contribution >= 0.6 is 11.6 Å². The summed E-state index contributed by atoms with van der Waals surface area (Å²) in [5.41, 5.74) is 5.26. The van der Waals surface area contributed by atoms with Gasteiger partial charge in [0.25, 0.3) is 0 Å². The molecule has 0 atom stereocenters. The molecule has 0 aliphatic carbocycles. The van der Waals surface area contributed by atoms with Crippen molar-refractivity contribution in [3.63, 3.8) is 0 Å². The number of carbonyl (C=O) groups is 2. The quantitative estimate of drug-likeness (QED) is 0.192. The molecule has 7 nitrogen and oxygen atoms in total. The van der Waals surface area contributed by atoms with Gasteiger partial charge >= 0.3 is 12.1 Å². The zero-order chi connectivity index (χ0) is 31.4. The minimum atomic E-state index is -0.570. The van der Waals surface area contributed by atoms with Crippen LogP contribution in [0.3, 0.4) is 0 Å². The summed E-state index contributed by atoms with van der Waals surface area (Å²) in [5.74, 6) is 0.251. The van der Waals surface area contributed by atoms with Crippen LogP contribution in [0.1, 0.15) is 70.7 Å². The number of halogens is 1. The van der Waals surface area contributed by atoms with E-state index in [9.17, 15) is 9.59 Å². The van der Waals surface area contributed by atoms with Gasteiger partial charge in [0, 0.05) is 28.1 Å². The van der Waals surface area contributed by atoms with E-state index in [4.69, 9.17) is 30.2 Å². The van der Waals surface area contributed by atoms with Crippen LogP contribution in [-0.2, 0) is 39.3 Å². The number of ether oxygens (including phenoxy) is 3. The van der Waals surface area contributed by atoms with Gasteiger partial charge in [-0.15, -0.1) is 0 Å². The van der Waals surface area contributed by atoms with E-state index >= 15 is 0 Å². The molecule has 228 valence electrons. The van der Waals surface area contributed by atoms with E-state index in [0.717, 1.165) is 38.8 Å². The number of hydrogen-bond donors (Lipinski definition) is 1. The second kappa shape index (κ2) is 13.1. The monoisotopic (exact) mass is 605 g/mol. The number of rotatable bonds is 9. The first-order valence-corrected chi connectivity index (χ1v) is 14.8. The molecule has 4 aromatic rings. The molecule has 0 aliphatic heterocycles. The number of fused-ring (bicyclic) bond motifs is 1. The van der Waals surface area contributed by atoms with Crippen molar-refractivity contribution in [2.45, 2.75) is 79.1 Å². The van der Waals surface area contributed by atoms with Gasteiger partial charge in [0.2, 0.25) is 0 Å². The summed E-state index contributed by atoms with van der Waals surface area (Å²) in [4.78, 5) is 24.5. The number of furan rings is 1. The number of nitrogens with one attached hydrogen (secondary N) is 1. The third kappa shape index (κ3) is 8.54. The molecule has 0 aliphatic rings. The normalized spacial score (nSPS) is 11.8. The fourth-order valence-corrected chi connectivity index (χ4v) is 5.22. The Morgan fingerprint density at radius 3 is 2.42 bits per heavy atom. The Labute approximate surface area is 258 Å². The molecular weight excluding hydrogens is 566 g/mol. The summed E-state index contributed by atoms with van der Waals surface area (Å²) in [6, 6.07) is 17.6. The van der Waals surface area contributed by atoms with Crippen molar-refractivity contribution in [1.29, 1.82) is 0 Å². The lowest BCUT2D eigenvalue weighted by Gasteiger charge is -2.23. The minimum absolute atomic E-state index is 0.0590. The predicted molar refractivity (Wildman–Crippen MR) is 170 cm³/mol. The third-order valence-corrected chi connectivity index (χ3v) is 6.99. The number of alkyl carbamates (subject to hydrolysis) is 1. The second-order valence-electron chi connectivity index (χ2n) is 12.5. The number of esters is 1. The van der Waals surface area contributed by atoms with Gasteiger partial charge in [0.05, 0.1) is 19.3 Å². The molecule has 8 heteroatoms. The molecule has 4 rings (SSSR count). The van der Waals surface area contributed by atoms with Crippen LogP contribution < -0.4 is 10.1 Å². The number of amides is 1. The van der Waals surface area contributed by atoms with Crippen molar-refractivity contribution in [2.24, 2.45) is 0 Å². The van der Waals surface area contributed by atoms with E-state index < -0.39 is 11.7 Å². The van der Waals surface area contributed by atoms with Crippen LogP contribution in [0.5, 0.6) is 5.75 Å². The molecule has 0 spiro atoms. The Morgan fingerprint density at radius 2 is 1.72 bits per heavy atom. The summed E-state index contributed by atoms with van der Waals surface area (Å²) < 4.78 is 22.8. The lowest BCUT2D eigenvalue weighted by molar-refractivity contribution is -0.142. The second-order valence-corrected chi connectivity index (χ2v) is 12.9. The zero-order valence-electron chi connectivity index (χ0n) is 25.9. The maximum absolute atomic E-state index is 12.4. The van der Waals surface area contributed by atoms with Crippen molar-refractivity contribution in [2.75, 3.05) is 6.61 Å². The standard InChI is InChI=1S/C35H40ClNO6/c1-8-40-31(38)18-26-17-29(36)28(34(2,3)4)19-30(26)42-21-23-15-25-12-13-41-32(25)27(16-23)24-11-9-10-22(14-24)20-37-33(39)43-35(5,6)7/h9-17,19H,8,18,20-21H2,1-7H3,(H,37,39). The van der Waals surface area contributed by atoms with E-state index in [0.29, 0.717) is 29.5 Å². The van der Waals surface area contributed by atoms with Crippen molar-refractivity contribution in [3.05, 3.63) is 88.1 Å². The van der Waals surface area contributed by atoms with Gasteiger partial charge in [-0.1, -0.05) is 50.6 Å². The molecule has 0 saturated heterocycles. The summed E-state index contributed by atoms with van der Waals surface area (Å²) in [5, 5.41) is 4.34. The van der Waals surface area contributed by atoms with E-state index in [1.54, 1.807) is 19.3 Å². The van der Waals surface area contributed by atoms with Crippen LogP contribution in [0.15, 0.2) is 65.3 Å². The van der Waals surface area contributed by atoms with Crippen LogP contribution in [0, 0.1) is 0 Å². The van der Waals surface area contributed by atoms with Crippen LogP contribution in [0.2, 0.25) is 5.02 Å². The van der Waals surface area contributed by atoms with Crippen LogP contribution in [0.4, 0.5) is 4.79 Å². The predicted octanol–water partition coefficient (Wildman–Crippen LogP) is 8.76. The van der Waals surface area contributed by atoms with Gasteiger partial charge < -0.3 is 23.9 Å². The lowest BCUT2D eigenvalue weighted by atomic mass is 9.86. The Kier molecular flexibility index (Phi) is 9.75. The average molecular weight is 606 g/mol. The molecule has 0 radical (unpaired) electrons. The number of benzene rings is 3. The summed E-state index contributed by atoms with van der Waals surface area (Å²) >= 11 is 6.64. The average Bonchev–Trinajstić information content (AvgIpc) is 3.38. The highest BCUT2D eigenvalue weighted by Gasteiger charge is 2.22. The van der Waals surface area contributed by atoms with E-state index in [1.165, 1.54) is 0 Å². The van der Waals surface area contributed by atoms with Gasteiger partial charge in [-0.2, -0.15) is 0 Å². The molecule has 3 aromatic carbocycles.